The van der Waals surface area contributed by atoms with E-state index >= 15 is 0 Å². The first-order chi connectivity index (χ1) is 22.1. The van der Waals surface area contributed by atoms with Crippen LogP contribution < -0.4 is 15.1 Å². The number of thiazole rings is 1. The molecule has 0 unspecified atom stereocenters. The quantitative estimate of drug-likeness (QED) is 0.168. The van der Waals surface area contributed by atoms with Gasteiger partial charge in [0.05, 0.1) is 37.8 Å². The summed E-state index contributed by atoms with van der Waals surface area (Å²) in [5.74, 6) is -5.25. The lowest BCUT2D eigenvalue weighted by atomic mass is 9.83. The van der Waals surface area contributed by atoms with E-state index in [0.717, 1.165) is 52.7 Å². The fourth-order valence-corrected chi connectivity index (χ4v) is 8.80. The second-order valence-electron chi connectivity index (χ2n) is 10.5. The van der Waals surface area contributed by atoms with Gasteiger partial charge in [-0.1, -0.05) is 76.6 Å². The van der Waals surface area contributed by atoms with Crippen molar-refractivity contribution in [3.8, 4) is 0 Å². The van der Waals surface area contributed by atoms with Crippen LogP contribution in [0.15, 0.2) is 76.6 Å². The standard InChI is InChI=1S/C30H17Cl2F6N3O4S2/c31-17-9-4-7-15(22(17)32)20-21-23(26(44)41(25(21)43)18-10-2-1-8-16(18)30(36,37)38)46-27-24(20)47-28(45)40(27)12-19(42)39-14-6-3-5-13(11-14)29(33,34)35/h1-11,20-21,23H,12H2,(H,39,42)/t20-,21-,23+/m0/s1. The number of amides is 3. The summed E-state index contributed by atoms with van der Waals surface area (Å²) in [6.45, 7) is -0.690. The van der Waals surface area contributed by atoms with Gasteiger partial charge in [-0.25, -0.2) is 4.90 Å². The van der Waals surface area contributed by atoms with Crippen LogP contribution in [0.2, 0.25) is 10.0 Å². The number of hydrogen-bond donors (Lipinski definition) is 1. The zero-order valence-electron chi connectivity index (χ0n) is 23.2. The fraction of sp³-hybridized carbons (Fsp3) is 0.200. The maximum atomic E-state index is 14.0. The lowest BCUT2D eigenvalue weighted by Gasteiger charge is -2.31. The molecule has 3 aromatic carbocycles. The fourth-order valence-electron chi connectivity index (χ4n) is 5.61. The van der Waals surface area contributed by atoms with E-state index in [1.54, 1.807) is 0 Å². The number of rotatable bonds is 5. The van der Waals surface area contributed by atoms with Crippen LogP contribution in [-0.4, -0.2) is 27.5 Å². The second kappa shape index (κ2) is 12.0. The van der Waals surface area contributed by atoms with Gasteiger partial charge in [-0.2, -0.15) is 26.3 Å². The average molecular weight is 733 g/mol. The molecule has 17 heteroatoms. The Morgan fingerprint density at radius 1 is 0.872 bits per heavy atom. The summed E-state index contributed by atoms with van der Waals surface area (Å²) in [6.07, 6.45) is -9.58. The summed E-state index contributed by atoms with van der Waals surface area (Å²) in [5.41, 5.74) is -2.84. The van der Waals surface area contributed by atoms with Crippen molar-refractivity contribution in [2.24, 2.45) is 5.92 Å². The molecule has 1 fully saturated rings. The largest absolute Gasteiger partial charge is 0.418 e. The van der Waals surface area contributed by atoms with Gasteiger partial charge in [0.1, 0.15) is 11.8 Å². The van der Waals surface area contributed by atoms with Crippen molar-refractivity contribution >= 4 is 75.4 Å². The Hall–Kier alpha value is -3.79. The zero-order chi connectivity index (χ0) is 34.0. The number of alkyl halides is 6. The van der Waals surface area contributed by atoms with E-state index in [4.69, 9.17) is 23.2 Å². The number of carbonyl (C=O) groups is 3. The van der Waals surface area contributed by atoms with E-state index in [2.05, 4.69) is 5.32 Å². The Labute approximate surface area is 279 Å². The smallest absolute Gasteiger partial charge is 0.325 e. The van der Waals surface area contributed by atoms with Gasteiger partial charge in [0.25, 0.3) is 0 Å². The Morgan fingerprint density at radius 2 is 1.57 bits per heavy atom. The number of anilines is 2. The van der Waals surface area contributed by atoms with Crippen LogP contribution in [0.25, 0.3) is 0 Å². The number of nitrogens with one attached hydrogen (secondary N) is 1. The monoisotopic (exact) mass is 731 g/mol. The molecular weight excluding hydrogens is 715 g/mol. The normalized spacial score (nSPS) is 19.5. The van der Waals surface area contributed by atoms with E-state index in [1.165, 1.54) is 30.3 Å². The third kappa shape index (κ3) is 5.94. The minimum Gasteiger partial charge on any atom is -0.325 e. The SMILES string of the molecule is O=C(Cn1c2c(sc1=O)[C@@H](c1cccc(Cl)c1Cl)[C@@H]1C(=O)N(c3ccccc3C(F)(F)F)C(=O)[C@@H]1S2)Nc1cccc(C(F)(F)F)c1. The number of benzene rings is 3. The molecule has 4 aromatic rings. The molecule has 3 amide bonds. The average Bonchev–Trinajstić information content (AvgIpc) is 3.44. The van der Waals surface area contributed by atoms with Crippen molar-refractivity contribution in [2.45, 2.75) is 35.1 Å². The molecule has 2 aliphatic rings. The number of nitrogens with zero attached hydrogens (tertiary/aromatic N) is 2. The molecule has 0 spiro atoms. The van der Waals surface area contributed by atoms with Crippen molar-refractivity contribution in [3.05, 3.63) is 108 Å². The van der Waals surface area contributed by atoms with Crippen LogP contribution in [0, 0.1) is 5.92 Å². The van der Waals surface area contributed by atoms with E-state index in [0.29, 0.717) is 16.2 Å². The van der Waals surface area contributed by atoms with Crippen molar-refractivity contribution in [2.75, 3.05) is 10.2 Å². The van der Waals surface area contributed by atoms with E-state index in [-0.39, 0.29) is 31.2 Å². The minimum absolute atomic E-state index is 0.0140. The van der Waals surface area contributed by atoms with Crippen LogP contribution in [0.5, 0.6) is 0 Å². The van der Waals surface area contributed by atoms with Gasteiger partial charge in [0, 0.05) is 16.5 Å². The molecule has 7 nitrogen and oxygen atoms in total. The molecule has 3 atom stereocenters. The highest BCUT2D eigenvalue weighted by atomic mass is 35.5. The number of thioether (sulfide) groups is 1. The van der Waals surface area contributed by atoms with E-state index in [9.17, 15) is 45.5 Å². The van der Waals surface area contributed by atoms with Crippen molar-refractivity contribution < 1.29 is 40.7 Å². The minimum atomic E-state index is -4.90. The van der Waals surface area contributed by atoms with Gasteiger partial charge in [-0.05, 0) is 42.0 Å². The third-order valence-corrected chi connectivity index (χ3v) is 11.0. The number of imide groups is 1. The Kier molecular flexibility index (Phi) is 8.47. The number of carbonyl (C=O) groups excluding carboxylic acids is 3. The molecule has 0 radical (unpaired) electrons. The first kappa shape index (κ1) is 33.1. The molecule has 0 aliphatic carbocycles. The summed E-state index contributed by atoms with van der Waals surface area (Å²) < 4.78 is 82.4. The number of hydrogen-bond acceptors (Lipinski definition) is 6. The first-order valence-electron chi connectivity index (χ1n) is 13.4. The highest BCUT2D eigenvalue weighted by Gasteiger charge is 2.58. The van der Waals surface area contributed by atoms with Gasteiger partial charge < -0.3 is 5.32 Å². The highest BCUT2D eigenvalue weighted by molar-refractivity contribution is 8.00. The van der Waals surface area contributed by atoms with Crippen LogP contribution in [0.3, 0.4) is 0 Å². The van der Waals surface area contributed by atoms with Crippen molar-refractivity contribution in [1.29, 1.82) is 0 Å². The predicted molar refractivity (Wildman–Crippen MR) is 164 cm³/mol. The zero-order valence-corrected chi connectivity index (χ0v) is 26.3. The molecule has 3 heterocycles. The van der Waals surface area contributed by atoms with Gasteiger partial charge >= 0.3 is 17.2 Å². The molecule has 244 valence electrons. The summed E-state index contributed by atoms with van der Waals surface area (Å²) in [6, 6.07) is 12.5. The molecule has 1 saturated heterocycles. The van der Waals surface area contributed by atoms with Crippen molar-refractivity contribution in [3.63, 3.8) is 0 Å². The Morgan fingerprint density at radius 3 is 2.28 bits per heavy atom. The Bertz CT molecular complexity index is 2010. The first-order valence-corrected chi connectivity index (χ1v) is 15.9. The summed E-state index contributed by atoms with van der Waals surface area (Å²) >= 11 is 14.2. The molecule has 1 N–H and O–H groups in total. The van der Waals surface area contributed by atoms with Crippen LogP contribution in [0.4, 0.5) is 37.7 Å². The maximum Gasteiger partial charge on any atom is 0.418 e. The molecule has 47 heavy (non-hydrogen) atoms. The maximum absolute atomic E-state index is 14.0. The van der Waals surface area contributed by atoms with Gasteiger partial charge in [0.2, 0.25) is 17.7 Å². The van der Waals surface area contributed by atoms with Crippen LogP contribution in [-0.2, 0) is 33.3 Å². The van der Waals surface area contributed by atoms with Crippen molar-refractivity contribution in [1.82, 2.24) is 4.57 Å². The van der Waals surface area contributed by atoms with Gasteiger partial charge in [0.15, 0.2) is 0 Å². The molecule has 0 saturated carbocycles. The second-order valence-corrected chi connectivity index (χ2v) is 13.4. The third-order valence-electron chi connectivity index (χ3n) is 7.59. The number of aromatic nitrogens is 1. The van der Waals surface area contributed by atoms with Gasteiger partial charge in [-0.15, -0.1) is 0 Å². The van der Waals surface area contributed by atoms with Crippen LogP contribution in [0.1, 0.15) is 27.5 Å². The molecule has 2 aliphatic heterocycles. The predicted octanol–water partition coefficient (Wildman–Crippen LogP) is 7.69. The lowest BCUT2D eigenvalue weighted by molar-refractivity contribution is -0.138. The molecule has 1 aromatic heterocycles. The number of fused-ring (bicyclic) bond motifs is 2. The molecule has 6 rings (SSSR count). The summed E-state index contributed by atoms with van der Waals surface area (Å²) in [7, 11) is 0. The topological polar surface area (TPSA) is 88.5 Å². The molecule has 0 bridgehead atoms. The molecular formula is C30H17Cl2F6N3O4S2. The van der Waals surface area contributed by atoms with E-state index < -0.39 is 75.4 Å². The summed E-state index contributed by atoms with van der Waals surface area (Å²) in [4.78, 5) is 54.2. The number of para-hydroxylation sites is 1. The highest BCUT2D eigenvalue weighted by Crippen LogP contribution is 2.56. The lowest BCUT2D eigenvalue weighted by Crippen LogP contribution is -2.33. The van der Waals surface area contributed by atoms with E-state index in [1.807, 2.05) is 0 Å². The number of halogens is 8. The Balaban J connectivity index is 1.43. The summed E-state index contributed by atoms with van der Waals surface area (Å²) in [5, 5.41) is 1.11. The van der Waals surface area contributed by atoms with Crippen LogP contribution >= 0.6 is 46.3 Å². The van der Waals surface area contributed by atoms with Gasteiger partial charge in [-0.3, -0.25) is 23.7 Å².